The van der Waals surface area contributed by atoms with Crippen LogP contribution in [0.5, 0.6) is 5.75 Å². The van der Waals surface area contributed by atoms with E-state index < -0.39 is 12.2 Å². The second kappa shape index (κ2) is 8.73. The van der Waals surface area contributed by atoms with Crippen LogP contribution in [-0.2, 0) is 9.53 Å². The van der Waals surface area contributed by atoms with Gasteiger partial charge >= 0.3 is 6.09 Å². The van der Waals surface area contributed by atoms with Crippen LogP contribution in [0.1, 0.15) is 25.3 Å². The molecule has 1 saturated heterocycles. The summed E-state index contributed by atoms with van der Waals surface area (Å²) in [6.07, 6.45) is -1.00. The second-order valence-corrected chi connectivity index (χ2v) is 6.91. The summed E-state index contributed by atoms with van der Waals surface area (Å²) in [4.78, 5) is 25.4. The Labute approximate surface area is 163 Å². The average Bonchev–Trinajstić information content (AvgIpc) is 3.06. The van der Waals surface area contributed by atoms with Gasteiger partial charge in [0.2, 0.25) is 0 Å². The normalized spacial score (nSPS) is 16.2. The van der Waals surface area contributed by atoms with Crippen molar-refractivity contribution in [1.29, 1.82) is 0 Å². The molecular formula is C21H23FN2O4. The fourth-order valence-corrected chi connectivity index (χ4v) is 2.84. The van der Waals surface area contributed by atoms with Crippen molar-refractivity contribution in [3.8, 4) is 5.75 Å². The summed E-state index contributed by atoms with van der Waals surface area (Å²) < 4.78 is 23.7. The Morgan fingerprint density at radius 2 is 1.89 bits per heavy atom. The largest absolute Gasteiger partial charge is 0.484 e. The lowest BCUT2D eigenvalue weighted by Crippen LogP contribution is -2.37. The fourth-order valence-electron chi connectivity index (χ4n) is 2.84. The number of hydrogen-bond acceptors (Lipinski definition) is 4. The van der Waals surface area contributed by atoms with Crippen molar-refractivity contribution in [3.05, 3.63) is 59.9 Å². The van der Waals surface area contributed by atoms with E-state index in [9.17, 15) is 14.0 Å². The standard InChI is InChI=1S/C21H23FN2O4/c1-14(2)15-3-9-18(10-4-15)27-13-20(25)23-11-19-12-24(21(26)28-19)17-7-5-16(22)6-8-17/h3-10,14,19H,11-13H2,1-2H3,(H,23,25). The highest BCUT2D eigenvalue weighted by molar-refractivity contribution is 5.89. The summed E-state index contributed by atoms with van der Waals surface area (Å²) in [5, 5.41) is 2.70. The quantitative estimate of drug-likeness (QED) is 0.791. The van der Waals surface area contributed by atoms with Crippen LogP contribution >= 0.6 is 0 Å². The molecule has 1 unspecified atom stereocenters. The molecule has 1 fully saturated rings. The molecule has 3 rings (SSSR count). The van der Waals surface area contributed by atoms with Crippen LogP contribution in [0.15, 0.2) is 48.5 Å². The number of nitrogens with one attached hydrogen (secondary N) is 1. The summed E-state index contributed by atoms with van der Waals surface area (Å²) in [6.45, 7) is 4.55. The van der Waals surface area contributed by atoms with Gasteiger partial charge in [-0.1, -0.05) is 26.0 Å². The molecule has 0 saturated carbocycles. The van der Waals surface area contributed by atoms with Gasteiger partial charge in [-0.3, -0.25) is 9.69 Å². The third kappa shape index (κ3) is 5.00. The third-order valence-corrected chi connectivity index (χ3v) is 4.46. The zero-order chi connectivity index (χ0) is 20.1. The van der Waals surface area contributed by atoms with Crippen molar-refractivity contribution in [1.82, 2.24) is 5.32 Å². The summed E-state index contributed by atoms with van der Waals surface area (Å²) in [5.41, 5.74) is 1.75. The smallest absolute Gasteiger partial charge is 0.414 e. The molecule has 6 nitrogen and oxygen atoms in total. The van der Waals surface area contributed by atoms with E-state index in [0.717, 1.165) is 0 Å². The predicted molar refractivity (Wildman–Crippen MR) is 103 cm³/mol. The monoisotopic (exact) mass is 386 g/mol. The Hall–Kier alpha value is -3.09. The molecule has 0 aliphatic carbocycles. The van der Waals surface area contributed by atoms with Gasteiger partial charge < -0.3 is 14.8 Å². The van der Waals surface area contributed by atoms with E-state index in [1.807, 2.05) is 24.3 Å². The zero-order valence-corrected chi connectivity index (χ0v) is 15.9. The molecule has 7 heteroatoms. The number of amides is 2. The maximum absolute atomic E-state index is 13.0. The van der Waals surface area contributed by atoms with Crippen LogP contribution in [0.4, 0.5) is 14.9 Å². The van der Waals surface area contributed by atoms with Crippen LogP contribution in [0.3, 0.4) is 0 Å². The van der Waals surface area contributed by atoms with E-state index in [-0.39, 0.29) is 31.4 Å². The molecule has 1 aliphatic heterocycles. The average molecular weight is 386 g/mol. The molecular weight excluding hydrogens is 363 g/mol. The maximum Gasteiger partial charge on any atom is 0.414 e. The molecule has 1 atom stereocenters. The number of carbonyl (C=O) groups excluding carboxylic acids is 2. The van der Waals surface area contributed by atoms with E-state index in [2.05, 4.69) is 19.2 Å². The molecule has 0 radical (unpaired) electrons. The van der Waals surface area contributed by atoms with Gasteiger partial charge in [-0.2, -0.15) is 0 Å². The number of anilines is 1. The van der Waals surface area contributed by atoms with E-state index in [1.165, 1.54) is 34.7 Å². The first-order chi connectivity index (χ1) is 13.4. The van der Waals surface area contributed by atoms with Crippen molar-refractivity contribution in [2.24, 2.45) is 0 Å². The Balaban J connectivity index is 1.43. The number of rotatable bonds is 7. The number of cyclic esters (lactones) is 1. The van der Waals surface area contributed by atoms with Gasteiger partial charge in [0.25, 0.3) is 5.91 Å². The minimum atomic E-state index is -0.521. The Morgan fingerprint density at radius 3 is 2.54 bits per heavy atom. The topological polar surface area (TPSA) is 67.9 Å². The number of halogens is 1. The van der Waals surface area contributed by atoms with Crippen molar-refractivity contribution >= 4 is 17.7 Å². The Morgan fingerprint density at radius 1 is 1.21 bits per heavy atom. The van der Waals surface area contributed by atoms with Gasteiger partial charge in [0.1, 0.15) is 17.7 Å². The Bertz CT molecular complexity index is 821. The van der Waals surface area contributed by atoms with E-state index >= 15 is 0 Å². The number of benzene rings is 2. The molecule has 1 heterocycles. The predicted octanol–water partition coefficient (Wildman–Crippen LogP) is 3.47. The lowest BCUT2D eigenvalue weighted by molar-refractivity contribution is -0.123. The van der Waals surface area contributed by atoms with Crippen LogP contribution in [0, 0.1) is 5.82 Å². The van der Waals surface area contributed by atoms with Gasteiger partial charge in [-0.15, -0.1) is 0 Å². The van der Waals surface area contributed by atoms with Crippen LogP contribution in [0.25, 0.3) is 0 Å². The van der Waals surface area contributed by atoms with Crippen molar-refractivity contribution in [2.45, 2.75) is 25.9 Å². The SMILES string of the molecule is CC(C)c1ccc(OCC(=O)NCC2CN(c3ccc(F)cc3)C(=O)O2)cc1. The molecule has 1 aliphatic rings. The fraction of sp³-hybridized carbons (Fsp3) is 0.333. The Kier molecular flexibility index (Phi) is 6.13. The van der Waals surface area contributed by atoms with Gasteiger partial charge in [0.15, 0.2) is 6.61 Å². The van der Waals surface area contributed by atoms with Gasteiger partial charge in [0.05, 0.1) is 13.1 Å². The molecule has 2 amide bonds. The van der Waals surface area contributed by atoms with Gasteiger partial charge in [-0.25, -0.2) is 9.18 Å². The zero-order valence-electron chi connectivity index (χ0n) is 15.9. The maximum atomic E-state index is 13.0. The summed E-state index contributed by atoms with van der Waals surface area (Å²) in [5.74, 6) is 0.374. The first kappa shape index (κ1) is 19.7. The number of carbonyl (C=O) groups is 2. The van der Waals surface area contributed by atoms with Crippen molar-refractivity contribution in [2.75, 3.05) is 24.6 Å². The van der Waals surface area contributed by atoms with Gasteiger partial charge in [0, 0.05) is 5.69 Å². The van der Waals surface area contributed by atoms with Crippen LogP contribution in [-0.4, -0.2) is 37.8 Å². The van der Waals surface area contributed by atoms with Crippen LogP contribution < -0.4 is 15.0 Å². The molecule has 0 aromatic heterocycles. The minimum Gasteiger partial charge on any atom is -0.484 e. The van der Waals surface area contributed by atoms with Crippen LogP contribution in [0.2, 0.25) is 0 Å². The molecule has 148 valence electrons. The van der Waals surface area contributed by atoms with E-state index in [4.69, 9.17) is 9.47 Å². The molecule has 28 heavy (non-hydrogen) atoms. The van der Waals surface area contributed by atoms with Crippen molar-refractivity contribution in [3.63, 3.8) is 0 Å². The molecule has 0 bridgehead atoms. The lowest BCUT2D eigenvalue weighted by atomic mass is 10.0. The highest BCUT2D eigenvalue weighted by Gasteiger charge is 2.32. The highest BCUT2D eigenvalue weighted by atomic mass is 19.1. The third-order valence-electron chi connectivity index (χ3n) is 4.46. The van der Waals surface area contributed by atoms with Gasteiger partial charge in [-0.05, 0) is 47.9 Å². The van der Waals surface area contributed by atoms with E-state index in [1.54, 1.807) is 0 Å². The number of nitrogens with zero attached hydrogens (tertiary/aromatic N) is 1. The van der Waals surface area contributed by atoms with E-state index in [0.29, 0.717) is 17.4 Å². The lowest BCUT2D eigenvalue weighted by Gasteiger charge is -2.13. The first-order valence-electron chi connectivity index (χ1n) is 9.15. The number of hydrogen-bond donors (Lipinski definition) is 1. The summed E-state index contributed by atoms with van der Waals surface area (Å²) >= 11 is 0. The van der Waals surface area contributed by atoms with Crippen molar-refractivity contribution < 1.29 is 23.5 Å². The summed E-state index contributed by atoms with van der Waals surface area (Å²) in [7, 11) is 0. The number of ether oxygens (including phenoxy) is 2. The minimum absolute atomic E-state index is 0.122. The molecule has 2 aromatic rings. The molecule has 0 spiro atoms. The summed E-state index contributed by atoms with van der Waals surface area (Å²) in [6, 6.07) is 13.2. The first-order valence-corrected chi connectivity index (χ1v) is 9.15. The second-order valence-electron chi connectivity index (χ2n) is 6.91. The molecule has 2 aromatic carbocycles. The molecule has 1 N–H and O–H groups in total. The highest BCUT2D eigenvalue weighted by Crippen LogP contribution is 2.22.